The van der Waals surface area contributed by atoms with Crippen molar-refractivity contribution < 1.29 is 14.3 Å². The highest BCUT2D eigenvalue weighted by atomic mass is 35.5. The minimum Gasteiger partial charge on any atom is -0.545 e. The van der Waals surface area contributed by atoms with E-state index in [9.17, 15) is 19.1 Å². The van der Waals surface area contributed by atoms with Crippen molar-refractivity contribution in [2.24, 2.45) is 0 Å². The van der Waals surface area contributed by atoms with Gasteiger partial charge in [-0.05, 0) is 42.8 Å². The highest BCUT2D eigenvalue weighted by Crippen LogP contribution is 2.21. The molecule has 3 aromatic rings. The van der Waals surface area contributed by atoms with E-state index >= 15 is 0 Å². The number of nitrogens with zero attached hydrogens (tertiary/aromatic N) is 2. The lowest BCUT2D eigenvalue weighted by Gasteiger charge is -2.14. The Morgan fingerprint density at radius 1 is 1.30 bits per heavy atom. The third-order valence-electron chi connectivity index (χ3n) is 3.45. The largest absolute Gasteiger partial charge is 0.545 e. The number of carbonyl (C=O) groups excluding carboxylic acids is 1. The molecule has 116 valence electrons. The zero-order chi connectivity index (χ0) is 16.7. The minimum atomic E-state index is -1.60. The fourth-order valence-electron chi connectivity index (χ4n) is 2.40. The van der Waals surface area contributed by atoms with Crippen molar-refractivity contribution >= 4 is 28.6 Å². The number of aromatic carboxylic acids is 1. The van der Waals surface area contributed by atoms with Gasteiger partial charge >= 0.3 is 0 Å². The molecule has 0 saturated heterocycles. The lowest BCUT2D eigenvalue weighted by molar-refractivity contribution is -0.255. The standard InChI is InChI=1S/C16H10ClFN2O3/c1-8-6-12(17)19-15-13(8)14(21)11(16(22)23)7-20(15)10-4-2-9(18)3-5-10/h2-7H,1H3,(H,22,23)/p-1. The molecule has 0 unspecified atom stereocenters. The monoisotopic (exact) mass is 331 g/mol. The van der Waals surface area contributed by atoms with E-state index in [0.29, 0.717) is 11.3 Å². The van der Waals surface area contributed by atoms with Crippen LogP contribution in [-0.2, 0) is 0 Å². The van der Waals surface area contributed by atoms with Crippen LogP contribution < -0.4 is 10.5 Å². The van der Waals surface area contributed by atoms with Crippen molar-refractivity contribution in [2.45, 2.75) is 6.92 Å². The summed E-state index contributed by atoms with van der Waals surface area (Å²) >= 11 is 5.95. The summed E-state index contributed by atoms with van der Waals surface area (Å²) in [5.41, 5.74) is -0.0808. The third-order valence-corrected chi connectivity index (χ3v) is 3.64. The number of benzene rings is 1. The molecule has 0 bridgehead atoms. The molecule has 2 aromatic heterocycles. The maximum atomic E-state index is 13.1. The minimum absolute atomic E-state index is 0.125. The first-order valence-electron chi connectivity index (χ1n) is 6.58. The molecule has 0 atom stereocenters. The quantitative estimate of drug-likeness (QED) is 0.672. The van der Waals surface area contributed by atoms with Gasteiger partial charge in [-0.2, -0.15) is 0 Å². The number of rotatable bonds is 2. The summed E-state index contributed by atoms with van der Waals surface area (Å²) in [5.74, 6) is -2.04. The number of pyridine rings is 2. The van der Waals surface area contributed by atoms with Crippen molar-refractivity contribution in [2.75, 3.05) is 0 Å². The van der Waals surface area contributed by atoms with Gasteiger partial charge in [-0.3, -0.25) is 4.79 Å². The van der Waals surface area contributed by atoms with Crippen LogP contribution >= 0.6 is 11.6 Å². The van der Waals surface area contributed by atoms with Crippen LogP contribution in [0.1, 0.15) is 15.9 Å². The molecule has 3 rings (SSSR count). The van der Waals surface area contributed by atoms with Gasteiger partial charge in [0.1, 0.15) is 16.6 Å². The molecule has 0 aliphatic heterocycles. The Bertz CT molecular complexity index is 997. The molecule has 2 heterocycles. The second-order valence-corrected chi connectivity index (χ2v) is 5.35. The lowest BCUT2D eigenvalue weighted by atomic mass is 10.1. The molecule has 0 amide bonds. The van der Waals surface area contributed by atoms with Gasteiger partial charge in [-0.25, -0.2) is 9.37 Å². The van der Waals surface area contributed by atoms with Crippen LogP contribution in [0.2, 0.25) is 5.15 Å². The topological polar surface area (TPSA) is 75.0 Å². The van der Waals surface area contributed by atoms with Gasteiger partial charge in [0.2, 0.25) is 0 Å². The second kappa shape index (κ2) is 5.48. The van der Waals surface area contributed by atoms with E-state index in [1.165, 1.54) is 34.9 Å². The summed E-state index contributed by atoms with van der Waals surface area (Å²) < 4.78 is 14.5. The zero-order valence-corrected chi connectivity index (χ0v) is 12.6. The molecule has 5 nitrogen and oxygen atoms in total. The first kappa shape index (κ1) is 15.2. The molecule has 0 fully saturated rings. The lowest BCUT2D eigenvalue weighted by Crippen LogP contribution is -2.30. The molecule has 0 radical (unpaired) electrons. The van der Waals surface area contributed by atoms with Crippen molar-refractivity contribution in [1.29, 1.82) is 0 Å². The number of carbonyl (C=O) groups is 1. The Balaban J connectivity index is 2.49. The number of hydrogen-bond donors (Lipinski definition) is 0. The van der Waals surface area contributed by atoms with Gasteiger partial charge < -0.3 is 14.5 Å². The zero-order valence-electron chi connectivity index (χ0n) is 11.8. The van der Waals surface area contributed by atoms with Crippen LogP contribution in [0, 0.1) is 12.7 Å². The Morgan fingerprint density at radius 2 is 1.96 bits per heavy atom. The van der Waals surface area contributed by atoms with Gasteiger partial charge in [0.15, 0.2) is 5.43 Å². The van der Waals surface area contributed by atoms with Crippen LogP contribution in [0.15, 0.2) is 41.3 Å². The Hall–Kier alpha value is -2.73. The predicted octanol–water partition coefficient (Wildman–Crippen LogP) is 1.85. The number of aryl methyl sites for hydroxylation is 1. The summed E-state index contributed by atoms with van der Waals surface area (Å²) in [6.07, 6.45) is 1.11. The summed E-state index contributed by atoms with van der Waals surface area (Å²) in [5, 5.41) is 11.5. The van der Waals surface area contributed by atoms with Crippen molar-refractivity contribution in [3.8, 4) is 5.69 Å². The summed E-state index contributed by atoms with van der Waals surface area (Å²) in [6, 6.07) is 6.79. The molecular formula is C16H9ClFN2O3-. The number of hydrogen-bond acceptors (Lipinski definition) is 4. The number of aromatic nitrogens is 2. The second-order valence-electron chi connectivity index (χ2n) is 4.97. The van der Waals surface area contributed by atoms with Gasteiger partial charge in [0.05, 0.1) is 16.9 Å². The number of carboxylic acids is 1. The van der Waals surface area contributed by atoms with Gasteiger partial charge in [-0.15, -0.1) is 0 Å². The van der Waals surface area contributed by atoms with Gasteiger partial charge in [0.25, 0.3) is 0 Å². The van der Waals surface area contributed by atoms with E-state index in [2.05, 4.69) is 4.98 Å². The number of carboxylic acid groups (broad SMARTS) is 1. The molecule has 1 aromatic carbocycles. The van der Waals surface area contributed by atoms with Gasteiger partial charge in [0, 0.05) is 11.9 Å². The molecule has 0 aliphatic carbocycles. The van der Waals surface area contributed by atoms with Crippen LogP contribution in [-0.4, -0.2) is 15.5 Å². The van der Waals surface area contributed by atoms with Gasteiger partial charge in [-0.1, -0.05) is 11.6 Å². The molecule has 0 aliphatic rings. The van der Waals surface area contributed by atoms with E-state index in [0.717, 1.165) is 6.20 Å². The summed E-state index contributed by atoms with van der Waals surface area (Å²) in [4.78, 5) is 27.7. The molecule has 7 heteroatoms. The fraction of sp³-hybridized carbons (Fsp3) is 0.0625. The molecule has 23 heavy (non-hydrogen) atoms. The Kier molecular flexibility index (Phi) is 3.61. The average Bonchev–Trinajstić information content (AvgIpc) is 2.47. The van der Waals surface area contributed by atoms with E-state index in [1.54, 1.807) is 6.92 Å². The van der Waals surface area contributed by atoms with Crippen molar-refractivity contribution in [3.05, 3.63) is 68.8 Å². The molecular weight excluding hydrogens is 323 g/mol. The molecule has 0 saturated carbocycles. The van der Waals surface area contributed by atoms with Crippen LogP contribution in [0.5, 0.6) is 0 Å². The number of fused-ring (bicyclic) bond motifs is 1. The van der Waals surface area contributed by atoms with Crippen LogP contribution in [0.25, 0.3) is 16.7 Å². The fourth-order valence-corrected chi connectivity index (χ4v) is 2.64. The van der Waals surface area contributed by atoms with Crippen LogP contribution in [0.3, 0.4) is 0 Å². The highest BCUT2D eigenvalue weighted by molar-refractivity contribution is 6.29. The highest BCUT2D eigenvalue weighted by Gasteiger charge is 2.15. The van der Waals surface area contributed by atoms with Crippen molar-refractivity contribution in [3.63, 3.8) is 0 Å². The van der Waals surface area contributed by atoms with E-state index in [1.807, 2.05) is 0 Å². The first-order valence-corrected chi connectivity index (χ1v) is 6.96. The third kappa shape index (κ3) is 2.57. The Labute approximate surface area is 134 Å². The van der Waals surface area contributed by atoms with E-state index in [4.69, 9.17) is 11.6 Å². The maximum Gasteiger partial charge on any atom is 0.200 e. The Morgan fingerprint density at radius 3 is 2.57 bits per heavy atom. The van der Waals surface area contributed by atoms with E-state index in [-0.39, 0.29) is 16.2 Å². The first-order chi connectivity index (χ1) is 10.9. The average molecular weight is 332 g/mol. The maximum absolute atomic E-state index is 13.1. The SMILES string of the molecule is Cc1cc(Cl)nc2c1c(=O)c(C(=O)[O-])cn2-c1ccc(F)cc1. The van der Waals surface area contributed by atoms with E-state index < -0.39 is 22.8 Å². The molecule has 0 N–H and O–H groups in total. The molecule has 0 spiro atoms. The summed E-state index contributed by atoms with van der Waals surface area (Å²) in [7, 11) is 0. The normalized spacial score (nSPS) is 10.9. The number of halogens is 2. The smallest absolute Gasteiger partial charge is 0.200 e. The summed E-state index contributed by atoms with van der Waals surface area (Å²) in [6.45, 7) is 1.63. The van der Waals surface area contributed by atoms with Crippen molar-refractivity contribution in [1.82, 2.24) is 9.55 Å². The predicted molar refractivity (Wildman–Crippen MR) is 81.4 cm³/mol. The van der Waals surface area contributed by atoms with Crippen LogP contribution in [0.4, 0.5) is 4.39 Å².